The largest absolute Gasteiger partial charge is 0.462 e. The quantitative estimate of drug-likeness (QED) is 0.389. The minimum absolute atomic E-state index is 0.232. The van der Waals surface area contributed by atoms with Crippen molar-refractivity contribution in [3.8, 4) is 0 Å². The van der Waals surface area contributed by atoms with Crippen molar-refractivity contribution in [3.05, 3.63) is 32.2 Å². The summed E-state index contributed by atoms with van der Waals surface area (Å²) in [5, 5.41) is 0. The Labute approximate surface area is 138 Å². The zero-order valence-corrected chi connectivity index (χ0v) is 15.3. The van der Waals surface area contributed by atoms with E-state index in [-0.39, 0.29) is 5.97 Å². The van der Waals surface area contributed by atoms with Crippen LogP contribution in [0.25, 0.3) is 0 Å². The molecule has 0 bridgehead atoms. The molecule has 0 saturated carbocycles. The van der Waals surface area contributed by atoms with Gasteiger partial charge in [-0.25, -0.2) is 4.79 Å². The second kappa shape index (κ2) is 9.56. The van der Waals surface area contributed by atoms with Crippen LogP contribution in [-0.4, -0.2) is 12.6 Å². The number of aryl methyl sites for hydroxylation is 1. The van der Waals surface area contributed by atoms with Gasteiger partial charge in [-0.2, -0.15) is 0 Å². The Morgan fingerprint density at radius 3 is 2.35 bits per heavy atom. The molecule has 1 rings (SSSR count). The van der Waals surface area contributed by atoms with Gasteiger partial charge in [0.25, 0.3) is 0 Å². The van der Waals surface area contributed by atoms with E-state index in [2.05, 4.69) is 38.8 Å². The van der Waals surface area contributed by atoms with Crippen LogP contribution in [0.1, 0.15) is 61.4 Å². The highest BCUT2D eigenvalue weighted by molar-refractivity contribution is 9.13. The molecular formula is C16H22Br2O2. The minimum atomic E-state index is -0.232. The second-order valence-corrected chi connectivity index (χ2v) is 6.69. The number of rotatable bonds is 8. The molecule has 0 aliphatic rings. The number of carbonyl (C=O) groups excluding carboxylic acids is 1. The maximum atomic E-state index is 12.0. The SMILES string of the molecule is CCCCCCCCOC(=O)c1cc(Br)c(Br)cc1C. The Morgan fingerprint density at radius 2 is 1.65 bits per heavy atom. The molecule has 0 aliphatic carbocycles. The Kier molecular flexibility index (Phi) is 8.46. The van der Waals surface area contributed by atoms with Crippen LogP contribution in [0.3, 0.4) is 0 Å². The van der Waals surface area contributed by atoms with Gasteiger partial charge in [-0.15, -0.1) is 0 Å². The summed E-state index contributed by atoms with van der Waals surface area (Å²) in [4.78, 5) is 12.0. The van der Waals surface area contributed by atoms with Gasteiger partial charge in [0.05, 0.1) is 12.2 Å². The van der Waals surface area contributed by atoms with Gasteiger partial charge in [0.15, 0.2) is 0 Å². The van der Waals surface area contributed by atoms with Crippen molar-refractivity contribution in [1.82, 2.24) is 0 Å². The zero-order valence-electron chi connectivity index (χ0n) is 12.2. The first-order chi connectivity index (χ1) is 9.56. The lowest BCUT2D eigenvalue weighted by atomic mass is 10.1. The van der Waals surface area contributed by atoms with E-state index in [1.165, 1.54) is 25.7 Å². The van der Waals surface area contributed by atoms with Crippen molar-refractivity contribution in [2.45, 2.75) is 52.4 Å². The lowest BCUT2D eigenvalue weighted by molar-refractivity contribution is 0.0496. The predicted octanol–water partition coefficient (Wildman–Crippen LogP) is 6.04. The fourth-order valence-corrected chi connectivity index (χ4v) is 2.79. The third-order valence-electron chi connectivity index (χ3n) is 3.22. The topological polar surface area (TPSA) is 26.3 Å². The molecule has 0 heterocycles. The molecule has 0 aromatic heterocycles. The third kappa shape index (κ3) is 5.96. The van der Waals surface area contributed by atoms with Crippen LogP contribution in [0.15, 0.2) is 21.1 Å². The van der Waals surface area contributed by atoms with E-state index in [0.29, 0.717) is 12.2 Å². The Bertz CT molecular complexity index is 444. The fourth-order valence-electron chi connectivity index (χ4n) is 1.99. The number of unbranched alkanes of at least 4 members (excludes halogenated alkanes) is 5. The smallest absolute Gasteiger partial charge is 0.338 e. The summed E-state index contributed by atoms with van der Waals surface area (Å²) in [6.45, 7) is 4.64. The van der Waals surface area contributed by atoms with E-state index >= 15 is 0 Å². The van der Waals surface area contributed by atoms with Crippen LogP contribution in [-0.2, 0) is 4.74 Å². The number of esters is 1. The van der Waals surface area contributed by atoms with Crippen LogP contribution in [0.4, 0.5) is 0 Å². The van der Waals surface area contributed by atoms with E-state index < -0.39 is 0 Å². The molecular weight excluding hydrogens is 384 g/mol. The summed E-state index contributed by atoms with van der Waals surface area (Å²) in [6, 6.07) is 3.73. The monoisotopic (exact) mass is 404 g/mol. The van der Waals surface area contributed by atoms with Gasteiger partial charge >= 0.3 is 5.97 Å². The highest BCUT2D eigenvalue weighted by atomic mass is 79.9. The summed E-state index contributed by atoms with van der Waals surface area (Å²) in [5.41, 5.74) is 1.55. The van der Waals surface area contributed by atoms with Gasteiger partial charge in [0.2, 0.25) is 0 Å². The molecule has 2 nitrogen and oxygen atoms in total. The Hall–Kier alpha value is -0.350. The lowest BCUT2D eigenvalue weighted by Gasteiger charge is -2.08. The molecule has 0 saturated heterocycles. The highest BCUT2D eigenvalue weighted by Crippen LogP contribution is 2.27. The minimum Gasteiger partial charge on any atom is -0.462 e. The molecule has 112 valence electrons. The van der Waals surface area contributed by atoms with Crippen LogP contribution in [0.2, 0.25) is 0 Å². The molecule has 0 unspecified atom stereocenters. The summed E-state index contributed by atoms with van der Waals surface area (Å²) in [6.07, 6.45) is 7.15. The number of ether oxygens (including phenoxy) is 1. The van der Waals surface area contributed by atoms with Gasteiger partial charge < -0.3 is 4.74 Å². The van der Waals surface area contributed by atoms with Gasteiger partial charge in [-0.05, 0) is 62.9 Å². The number of benzene rings is 1. The maximum absolute atomic E-state index is 12.0. The molecule has 0 spiro atoms. The summed E-state index contributed by atoms with van der Waals surface area (Å²) < 4.78 is 7.15. The molecule has 1 aromatic rings. The summed E-state index contributed by atoms with van der Waals surface area (Å²) in [5.74, 6) is -0.232. The Morgan fingerprint density at radius 1 is 1.05 bits per heavy atom. The van der Waals surface area contributed by atoms with E-state index in [0.717, 1.165) is 27.4 Å². The van der Waals surface area contributed by atoms with Crippen molar-refractivity contribution < 1.29 is 9.53 Å². The average molecular weight is 406 g/mol. The first-order valence-corrected chi connectivity index (χ1v) is 8.77. The number of carbonyl (C=O) groups is 1. The lowest BCUT2D eigenvalue weighted by Crippen LogP contribution is -2.08. The van der Waals surface area contributed by atoms with Crippen LogP contribution < -0.4 is 0 Å². The average Bonchev–Trinajstić information content (AvgIpc) is 2.41. The second-order valence-electron chi connectivity index (χ2n) is 4.98. The summed E-state index contributed by atoms with van der Waals surface area (Å²) in [7, 11) is 0. The molecule has 4 heteroatoms. The first kappa shape index (κ1) is 17.7. The molecule has 0 fully saturated rings. The molecule has 0 radical (unpaired) electrons. The van der Waals surface area contributed by atoms with Gasteiger partial charge in [0.1, 0.15) is 0 Å². The first-order valence-electron chi connectivity index (χ1n) is 7.19. The fraction of sp³-hybridized carbons (Fsp3) is 0.562. The van der Waals surface area contributed by atoms with Crippen molar-refractivity contribution in [2.24, 2.45) is 0 Å². The van der Waals surface area contributed by atoms with E-state index in [1.807, 2.05) is 19.1 Å². The van der Waals surface area contributed by atoms with Gasteiger partial charge in [-0.1, -0.05) is 39.0 Å². The van der Waals surface area contributed by atoms with Crippen molar-refractivity contribution in [3.63, 3.8) is 0 Å². The standard InChI is InChI=1S/C16H22Br2O2/c1-3-4-5-6-7-8-9-20-16(19)13-11-15(18)14(17)10-12(13)2/h10-11H,3-9H2,1-2H3. The highest BCUT2D eigenvalue weighted by Gasteiger charge is 2.12. The van der Waals surface area contributed by atoms with Crippen LogP contribution >= 0.6 is 31.9 Å². The maximum Gasteiger partial charge on any atom is 0.338 e. The molecule has 0 amide bonds. The van der Waals surface area contributed by atoms with Gasteiger partial charge in [0, 0.05) is 8.95 Å². The predicted molar refractivity (Wildman–Crippen MR) is 90.2 cm³/mol. The summed E-state index contributed by atoms with van der Waals surface area (Å²) >= 11 is 6.84. The van der Waals surface area contributed by atoms with E-state index in [1.54, 1.807) is 0 Å². The number of hydrogen-bond donors (Lipinski definition) is 0. The molecule has 0 atom stereocenters. The van der Waals surface area contributed by atoms with Gasteiger partial charge in [-0.3, -0.25) is 0 Å². The zero-order chi connectivity index (χ0) is 15.0. The van der Waals surface area contributed by atoms with Crippen LogP contribution in [0, 0.1) is 6.92 Å². The molecule has 20 heavy (non-hydrogen) atoms. The van der Waals surface area contributed by atoms with E-state index in [9.17, 15) is 4.79 Å². The molecule has 0 aliphatic heterocycles. The molecule has 0 N–H and O–H groups in total. The third-order valence-corrected chi connectivity index (χ3v) is 5.06. The normalized spacial score (nSPS) is 10.6. The molecule has 1 aromatic carbocycles. The van der Waals surface area contributed by atoms with Crippen molar-refractivity contribution in [2.75, 3.05) is 6.61 Å². The van der Waals surface area contributed by atoms with Crippen molar-refractivity contribution >= 4 is 37.8 Å². The van der Waals surface area contributed by atoms with Crippen LogP contribution in [0.5, 0.6) is 0 Å². The number of hydrogen-bond acceptors (Lipinski definition) is 2. The van der Waals surface area contributed by atoms with E-state index in [4.69, 9.17) is 4.74 Å². The number of halogens is 2. The Balaban J connectivity index is 2.34. The van der Waals surface area contributed by atoms with Crippen molar-refractivity contribution in [1.29, 1.82) is 0 Å².